The lowest BCUT2D eigenvalue weighted by Gasteiger charge is -2.34. The number of rotatable bonds is 10. The molecule has 0 saturated carbocycles. The minimum atomic E-state index is -4.13. The van der Waals surface area contributed by atoms with Crippen LogP contribution in [0.25, 0.3) is 0 Å². The van der Waals surface area contributed by atoms with Crippen LogP contribution in [0.3, 0.4) is 0 Å². The molecule has 0 radical (unpaired) electrons. The largest absolute Gasteiger partial charge is 0.497 e. The molecule has 3 N–H and O–H groups in total. The monoisotopic (exact) mass is 493 g/mol. The maximum absolute atomic E-state index is 13.2. The number of benzene rings is 2. The Morgan fingerprint density at radius 1 is 1.06 bits per heavy atom. The lowest BCUT2D eigenvalue weighted by molar-refractivity contribution is -0.134. The summed E-state index contributed by atoms with van der Waals surface area (Å²) in [4.78, 5) is 24.5. The smallest absolute Gasteiger partial charge is 0.265 e. The number of hydrogen-bond acceptors (Lipinski definition) is 9. The second-order valence-corrected chi connectivity index (χ2v) is 10.0. The molecule has 1 aliphatic heterocycles. The maximum atomic E-state index is 13.2. The molecule has 34 heavy (non-hydrogen) atoms. The summed E-state index contributed by atoms with van der Waals surface area (Å²) in [6.45, 7) is 0.167. The number of methoxy groups -OCH3 is 1. The molecule has 0 aliphatic carbocycles. The number of amides is 1. The number of sulfone groups is 1. The van der Waals surface area contributed by atoms with Gasteiger partial charge in [0.1, 0.15) is 17.6 Å². The Kier molecular flexibility index (Phi) is 8.26. The van der Waals surface area contributed by atoms with Crippen LogP contribution in [0.4, 0.5) is 0 Å². The van der Waals surface area contributed by atoms with E-state index in [1.165, 1.54) is 36.9 Å². The quantitative estimate of drug-likeness (QED) is 0.254. The lowest BCUT2D eigenvalue weighted by atomic mass is 9.98. The highest BCUT2D eigenvalue weighted by molar-refractivity contribution is 7.93. The van der Waals surface area contributed by atoms with Crippen LogP contribution in [-0.4, -0.2) is 68.2 Å². The first-order chi connectivity index (χ1) is 16.2. The van der Waals surface area contributed by atoms with Gasteiger partial charge >= 0.3 is 0 Å². The van der Waals surface area contributed by atoms with Gasteiger partial charge in [0.05, 0.1) is 18.6 Å². The molecule has 11 heteroatoms. The molecule has 1 fully saturated rings. The summed E-state index contributed by atoms with van der Waals surface area (Å²) >= 11 is 0. The van der Waals surface area contributed by atoms with E-state index in [0.717, 1.165) is 0 Å². The van der Waals surface area contributed by atoms with Gasteiger partial charge in [-0.05, 0) is 61.4 Å². The molecule has 2 aromatic carbocycles. The van der Waals surface area contributed by atoms with Gasteiger partial charge in [0, 0.05) is 25.2 Å². The number of nitrogens with one attached hydrogen (secondary N) is 1. The second-order valence-electron chi connectivity index (χ2n) is 7.77. The van der Waals surface area contributed by atoms with Gasteiger partial charge in [-0.1, -0.05) is 0 Å². The zero-order valence-electron chi connectivity index (χ0n) is 18.6. The number of carbonyl (C=O) groups is 2. The lowest BCUT2D eigenvalue weighted by Crippen LogP contribution is -2.54. The summed E-state index contributed by atoms with van der Waals surface area (Å²) in [5.74, 6) is -0.515. The van der Waals surface area contributed by atoms with E-state index in [1.54, 1.807) is 24.3 Å². The van der Waals surface area contributed by atoms with E-state index in [2.05, 4.69) is 0 Å². The second kappa shape index (κ2) is 11.0. The van der Waals surface area contributed by atoms with Crippen molar-refractivity contribution < 1.29 is 42.5 Å². The normalized spacial score (nSPS) is 16.3. The summed E-state index contributed by atoms with van der Waals surface area (Å²) in [5.41, 5.74) is 1.82. The molecule has 0 aromatic heterocycles. The summed E-state index contributed by atoms with van der Waals surface area (Å²) in [6, 6.07) is 11.8. The molecule has 0 spiro atoms. The van der Waals surface area contributed by atoms with Crippen LogP contribution >= 0.6 is 0 Å². The van der Waals surface area contributed by atoms with Crippen LogP contribution < -0.4 is 15.0 Å². The molecule has 0 bridgehead atoms. The van der Waals surface area contributed by atoms with Crippen molar-refractivity contribution in [3.63, 3.8) is 0 Å². The van der Waals surface area contributed by atoms with Crippen molar-refractivity contribution in [2.75, 3.05) is 26.9 Å². The van der Waals surface area contributed by atoms with Gasteiger partial charge in [0.15, 0.2) is 20.4 Å². The van der Waals surface area contributed by atoms with Crippen molar-refractivity contribution in [3.8, 4) is 11.5 Å². The standard InChI is InChI=1S/C23H27NO9S/c1-31-17-4-2-16(3-5-17)21(26)20(25)10-13-33-18-6-8-19(9-7-18)34(29,30)23(22(27)24-28)11-14-32-15-12-23/h2-9,20,25,28H,10-15H2,1H3,(H,24,27). The van der Waals surface area contributed by atoms with E-state index in [0.29, 0.717) is 17.1 Å². The Bertz CT molecular complexity index is 1090. The van der Waals surface area contributed by atoms with E-state index >= 15 is 0 Å². The Morgan fingerprint density at radius 2 is 1.65 bits per heavy atom. The molecule has 184 valence electrons. The van der Waals surface area contributed by atoms with Crippen LogP contribution in [0.15, 0.2) is 53.4 Å². The van der Waals surface area contributed by atoms with Crippen molar-refractivity contribution in [2.24, 2.45) is 0 Å². The van der Waals surface area contributed by atoms with Crippen molar-refractivity contribution in [1.29, 1.82) is 0 Å². The van der Waals surface area contributed by atoms with Crippen LogP contribution in [0, 0.1) is 0 Å². The highest BCUT2D eigenvalue weighted by Gasteiger charge is 2.52. The molecule has 1 heterocycles. The van der Waals surface area contributed by atoms with E-state index < -0.39 is 32.4 Å². The first kappa shape index (κ1) is 25.6. The fraction of sp³-hybridized carbons (Fsp3) is 0.391. The van der Waals surface area contributed by atoms with Crippen LogP contribution in [0.2, 0.25) is 0 Å². The number of carbonyl (C=O) groups excluding carboxylic acids is 2. The summed E-state index contributed by atoms with van der Waals surface area (Å²) in [5, 5.41) is 19.3. The highest BCUT2D eigenvalue weighted by Crippen LogP contribution is 2.35. The van der Waals surface area contributed by atoms with E-state index in [1.807, 2.05) is 0 Å². The van der Waals surface area contributed by atoms with Gasteiger partial charge in [-0.2, -0.15) is 0 Å². The molecule has 1 amide bonds. The van der Waals surface area contributed by atoms with Crippen molar-refractivity contribution in [2.45, 2.75) is 35.0 Å². The van der Waals surface area contributed by atoms with Gasteiger partial charge in [0.25, 0.3) is 5.91 Å². The Balaban J connectivity index is 1.62. The third-order valence-corrected chi connectivity index (χ3v) is 8.32. The summed E-state index contributed by atoms with van der Waals surface area (Å²) in [6.07, 6.45) is -1.40. The van der Waals surface area contributed by atoms with E-state index in [4.69, 9.17) is 19.4 Å². The number of hydrogen-bond donors (Lipinski definition) is 3. The molecular formula is C23H27NO9S. The Hall–Kier alpha value is -2.99. The minimum Gasteiger partial charge on any atom is -0.497 e. The van der Waals surface area contributed by atoms with Crippen LogP contribution in [-0.2, 0) is 19.4 Å². The molecule has 3 rings (SSSR count). The third kappa shape index (κ3) is 5.22. The van der Waals surface area contributed by atoms with Crippen LogP contribution in [0.5, 0.6) is 11.5 Å². The zero-order valence-corrected chi connectivity index (χ0v) is 19.4. The van der Waals surface area contributed by atoms with Gasteiger partial charge in [-0.25, -0.2) is 13.9 Å². The Morgan fingerprint density at radius 3 is 2.21 bits per heavy atom. The van der Waals surface area contributed by atoms with Crippen LogP contribution in [0.1, 0.15) is 29.6 Å². The number of aliphatic hydroxyl groups excluding tert-OH is 1. The number of ether oxygens (including phenoxy) is 3. The molecule has 1 atom stereocenters. The van der Waals surface area contributed by atoms with Gasteiger partial charge in [-0.3, -0.25) is 14.8 Å². The molecule has 1 unspecified atom stereocenters. The van der Waals surface area contributed by atoms with Gasteiger partial charge in [-0.15, -0.1) is 0 Å². The fourth-order valence-electron chi connectivity index (χ4n) is 3.73. The summed E-state index contributed by atoms with van der Waals surface area (Å²) in [7, 11) is -2.62. The summed E-state index contributed by atoms with van der Waals surface area (Å²) < 4.78 is 40.4. The van der Waals surface area contributed by atoms with E-state index in [9.17, 15) is 23.1 Å². The predicted octanol–water partition coefficient (Wildman–Crippen LogP) is 1.54. The number of aliphatic hydroxyl groups is 1. The average molecular weight is 494 g/mol. The first-order valence-electron chi connectivity index (χ1n) is 10.6. The molecule has 1 saturated heterocycles. The number of hydroxylamine groups is 1. The molecular weight excluding hydrogens is 466 g/mol. The van der Waals surface area contributed by atoms with E-state index in [-0.39, 0.29) is 44.0 Å². The third-order valence-electron chi connectivity index (χ3n) is 5.80. The van der Waals surface area contributed by atoms with Crippen molar-refractivity contribution >= 4 is 21.5 Å². The molecule has 10 nitrogen and oxygen atoms in total. The minimum absolute atomic E-state index is 0.0172. The average Bonchev–Trinajstić information content (AvgIpc) is 2.88. The Labute approximate surface area is 197 Å². The molecule has 1 aliphatic rings. The fourth-order valence-corrected chi connectivity index (χ4v) is 5.67. The van der Waals surface area contributed by atoms with Gasteiger partial charge < -0.3 is 19.3 Å². The first-order valence-corrected chi connectivity index (χ1v) is 12.1. The topological polar surface area (TPSA) is 148 Å². The van der Waals surface area contributed by atoms with Crippen molar-refractivity contribution in [3.05, 3.63) is 54.1 Å². The maximum Gasteiger partial charge on any atom is 0.265 e. The predicted molar refractivity (Wildman–Crippen MR) is 120 cm³/mol. The SMILES string of the molecule is COc1ccc(C(=O)C(O)CCOc2ccc(S(=O)(=O)C3(C(=O)NO)CCOCC3)cc2)cc1. The number of ketones is 1. The van der Waals surface area contributed by atoms with Gasteiger partial charge in [0.2, 0.25) is 0 Å². The zero-order chi connectivity index (χ0) is 24.8. The molecule has 2 aromatic rings. The van der Waals surface area contributed by atoms with Crippen molar-refractivity contribution in [1.82, 2.24) is 5.48 Å². The highest BCUT2D eigenvalue weighted by atomic mass is 32.2. The number of Topliss-reactive ketones (excluding diaryl/α,β-unsaturated/α-hetero) is 1.